The predicted molar refractivity (Wildman–Crippen MR) is 175 cm³/mol. The summed E-state index contributed by atoms with van der Waals surface area (Å²) in [5.74, 6) is -2.91. The van der Waals surface area contributed by atoms with Gasteiger partial charge >= 0.3 is 18.0 Å². The molecular formula is C33H46N6O8. The smallest absolute Gasteiger partial charge is 0.408 e. The Bertz CT molecular complexity index is 1330. The first kappa shape index (κ1) is 38.0. The van der Waals surface area contributed by atoms with Crippen LogP contribution < -0.4 is 22.1 Å². The largest absolute Gasteiger partial charge is 0.480 e. The first-order chi connectivity index (χ1) is 22.4. The minimum Gasteiger partial charge on any atom is -0.480 e. The molecule has 3 amide bonds. The number of hydrogen-bond donors (Lipinski definition) is 6. The first-order valence-electron chi connectivity index (χ1n) is 15.5. The van der Waals surface area contributed by atoms with Gasteiger partial charge in [-0.05, 0) is 55.7 Å². The molecule has 8 N–H and O–H groups in total. The highest BCUT2D eigenvalue weighted by atomic mass is 16.5. The van der Waals surface area contributed by atoms with Gasteiger partial charge in [0.25, 0.3) is 0 Å². The van der Waals surface area contributed by atoms with Crippen molar-refractivity contribution < 1.29 is 38.9 Å². The van der Waals surface area contributed by atoms with Gasteiger partial charge in [0, 0.05) is 25.6 Å². The Kier molecular flexibility index (Phi) is 16.3. The van der Waals surface area contributed by atoms with Crippen LogP contribution in [0.2, 0.25) is 0 Å². The quantitative estimate of drug-likeness (QED) is 0.0991. The van der Waals surface area contributed by atoms with E-state index in [4.69, 9.17) is 21.3 Å². The Morgan fingerprint density at radius 2 is 1.51 bits per heavy atom. The minimum atomic E-state index is -1.13. The third-order valence-electron chi connectivity index (χ3n) is 7.27. The number of alkyl carbamates (subject to hydrolysis) is 1. The fraction of sp³-hybridized carbons (Fsp3) is 0.455. The molecular weight excluding hydrogens is 608 g/mol. The zero-order valence-electron chi connectivity index (χ0n) is 26.8. The number of carbonyl (C=O) groups is 5. The second kappa shape index (κ2) is 20.1. The Balaban J connectivity index is 0.000000731. The number of amides is 3. The highest BCUT2D eigenvalue weighted by Gasteiger charge is 2.33. The van der Waals surface area contributed by atoms with Crippen molar-refractivity contribution >= 4 is 35.8 Å². The lowest BCUT2D eigenvalue weighted by Crippen LogP contribution is -2.53. The lowest BCUT2D eigenvalue weighted by Gasteiger charge is -2.34. The molecule has 3 rings (SSSR count). The molecule has 256 valence electrons. The number of nitrogens with one attached hydrogen (secondary N) is 2. The van der Waals surface area contributed by atoms with Crippen LogP contribution in [0.1, 0.15) is 61.9 Å². The maximum atomic E-state index is 13.2. The first-order valence-corrected chi connectivity index (χ1v) is 15.5. The number of carboxylic acids is 2. The molecule has 0 radical (unpaired) electrons. The number of piperidine rings is 1. The molecule has 0 spiro atoms. The van der Waals surface area contributed by atoms with Crippen molar-refractivity contribution in [2.45, 2.75) is 64.6 Å². The van der Waals surface area contributed by atoms with Gasteiger partial charge in [-0.2, -0.15) is 0 Å². The minimum absolute atomic E-state index is 0.0721. The van der Waals surface area contributed by atoms with E-state index in [1.165, 1.54) is 0 Å². The van der Waals surface area contributed by atoms with Gasteiger partial charge in [-0.25, -0.2) is 14.4 Å². The number of nitrogens with zero attached hydrogens (tertiary/aromatic N) is 2. The molecule has 0 saturated carbocycles. The van der Waals surface area contributed by atoms with Crippen LogP contribution in [0.25, 0.3) is 0 Å². The monoisotopic (exact) mass is 654 g/mol. The van der Waals surface area contributed by atoms with E-state index in [1.807, 2.05) is 44.2 Å². The number of guanidine groups is 1. The number of carboxylic acid groups (broad SMARTS) is 2. The average Bonchev–Trinajstić information content (AvgIpc) is 3.05. The molecule has 0 bridgehead atoms. The highest BCUT2D eigenvalue weighted by Crippen LogP contribution is 2.20. The van der Waals surface area contributed by atoms with Crippen molar-refractivity contribution in [1.82, 2.24) is 15.5 Å². The number of aliphatic carboxylic acids is 1. The van der Waals surface area contributed by atoms with E-state index in [0.29, 0.717) is 44.3 Å². The number of rotatable bonds is 14. The summed E-state index contributed by atoms with van der Waals surface area (Å²) in [6, 6.07) is 15.8. The Morgan fingerprint density at radius 3 is 2.02 bits per heavy atom. The van der Waals surface area contributed by atoms with Crippen LogP contribution in [0, 0.1) is 11.8 Å². The summed E-state index contributed by atoms with van der Waals surface area (Å²) in [6.07, 6.45) is 1.16. The zero-order valence-corrected chi connectivity index (χ0v) is 26.8. The maximum Gasteiger partial charge on any atom is 0.408 e. The lowest BCUT2D eigenvalue weighted by atomic mass is 9.94. The second-order valence-corrected chi connectivity index (χ2v) is 11.5. The molecule has 1 aliphatic heterocycles. The molecule has 2 aromatic rings. The summed E-state index contributed by atoms with van der Waals surface area (Å²) >= 11 is 0. The van der Waals surface area contributed by atoms with E-state index in [2.05, 4.69) is 15.6 Å². The van der Waals surface area contributed by atoms with Crippen molar-refractivity contribution in [3.05, 3.63) is 71.8 Å². The summed E-state index contributed by atoms with van der Waals surface area (Å²) in [4.78, 5) is 65.6. The van der Waals surface area contributed by atoms with Gasteiger partial charge in [0.05, 0.1) is 5.56 Å². The summed E-state index contributed by atoms with van der Waals surface area (Å²) in [5, 5.41) is 23.1. The van der Waals surface area contributed by atoms with Crippen molar-refractivity contribution in [2.24, 2.45) is 28.3 Å². The molecule has 2 aromatic carbocycles. The SMILES string of the molecule is CC(C)C[C@@H](NC(=O)OCc1ccccc1)C(=O)N1CCC(C(=O)N[C@H](CCCN=C(N)N)C(=O)O)CC1.O=C(O)c1ccccc1. The summed E-state index contributed by atoms with van der Waals surface area (Å²) in [5.41, 5.74) is 11.7. The van der Waals surface area contributed by atoms with Crippen molar-refractivity contribution in [3.8, 4) is 0 Å². The third kappa shape index (κ3) is 14.7. The molecule has 2 atom stereocenters. The predicted octanol–water partition coefficient (Wildman–Crippen LogP) is 2.57. The van der Waals surface area contributed by atoms with Crippen LogP contribution in [0.15, 0.2) is 65.7 Å². The van der Waals surface area contributed by atoms with Gasteiger partial charge in [-0.1, -0.05) is 62.4 Å². The number of aliphatic imine (C=N–C) groups is 1. The number of hydrogen-bond acceptors (Lipinski definition) is 7. The van der Waals surface area contributed by atoms with Crippen LogP contribution >= 0.6 is 0 Å². The number of ether oxygens (including phenoxy) is 1. The lowest BCUT2D eigenvalue weighted by molar-refractivity contribution is -0.143. The summed E-state index contributed by atoms with van der Waals surface area (Å²) in [6.45, 7) is 4.95. The number of nitrogens with two attached hydrogens (primary N) is 2. The molecule has 1 saturated heterocycles. The van der Waals surface area contributed by atoms with E-state index < -0.39 is 36.0 Å². The van der Waals surface area contributed by atoms with Gasteiger partial charge in [-0.15, -0.1) is 0 Å². The van der Waals surface area contributed by atoms with Gasteiger partial charge in [0.1, 0.15) is 18.7 Å². The number of benzene rings is 2. The van der Waals surface area contributed by atoms with Crippen molar-refractivity contribution in [1.29, 1.82) is 0 Å². The number of carbonyl (C=O) groups excluding carboxylic acids is 3. The van der Waals surface area contributed by atoms with Gasteiger partial charge in [-0.3, -0.25) is 14.6 Å². The Hall–Kier alpha value is -5.14. The summed E-state index contributed by atoms with van der Waals surface area (Å²) in [7, 11) is 0. The molecule has 0 aliphatic carbocycles. The standard InChI is InChI=1S/C26H40N6O6.C7H6O2/c1-17(2)15-21(31-26(37)38-16-18-7-4-3-5-8-18)23(34)32-13-10-19(11-14-32)22(33)30-20(24(35)36)9-6-12-29-25(27)28;8-7(9)6-4-2-1-3-5-6/h3-5,7-8,17,19-21H,6,9-16H2,1-2H3,(H,30,33)(H,31,37)(H,35,36)(H4,27,28,29);1-5H,(H,8,9)/t20-,21-;/m1./s1. The Labute approximate surface area is 274 Å². The Morgan fingerprint density at radius 1 is 0.915 bits per heavy atom. The molecule has 14 nitrogen and oxygen atoms in total. The molecule has 0 unspecified atom stereocenters. The van der Waals surface area contributed by atoms with Crippen LogP contribution in [-0.2, 0) is 25.7 Å². The van der Waals surface area contributed by atoms with Crippen LogP contribution in [-0.4, -0.2) is 82.6 Å². The fourth-order valence-corrected chi connectivity index (χ4v) is 4.81. The maximum absolute atomic E-state index is 13.2. The van der Waals surface area contributed by atoms with E-state index in [1.54, 1.807) is 35.2 Å². The van der Waals surface area contributed by atoms with E-state index in [9.17, 15) is 29.1 Å². The molecule has 1 fully saturated rings. The molecule has 1 heterocycles. The number of likely N-dealkylation sites (tertiary alicyclic amines) is 1. The third-order valence-corrected chi connectivity index (χ3v) is 7.27. The van der Waals surface area contributed by atoms with Crippen LogP contribution in [0.3, 0.4) is 0 Å². The molecule has 1 aliphatic rings. The van der Waals surface area contributed by atoms with Crippen molar-refractivity contribution in [2.75, 3.05) is 19.6 Å². The van der Waals surface area contributed by atoms with Gasteiger partial charge in [0.15, 0.2) is 5.96 Å². The van der Waals surface area contributed by atoms with Crippen molar-refractivity contribution in [3.63, 3.8) is 0 Å². The van der Waals surface area contributed by atoms with Crippen LogP contribution in [0.4, 0.5) is 4.79 Å². The second-order valence-electron chi connectivity index (χ2n) is 11.5. The van der Waals surface area contributed by atoms with Gasteiger partial charge < -0.3 is 42.0 Å². The average molecular weight is 655 g/mol. The summed E-state index contributed by atoms with van der Waals surface area (Å²) < 4.78 is 5.29. The zero-order chi connectivity index (χ0) is 34.8. The van der Waals surface area contributed by atoms with Crippen LogP contribution in [0.5, 0.6) is 0 Å². The highest BCUT2D eigenvalue weighted by molar-refractivity contribution is 5.88. The van der Waals surface area contributed by atoms with E-state index in [-0.39, 0.29) is 43.3 Å². The molecule has 0 aromatic heterocycles. The molecule has 47 heavy (non-hydrogen) atoms. The van der Waals surface area contributed by atoms with E-state index in [0.717, 1.165) is 5.56 Å². The molecule has 14 heteroatoms. The fourth-order valence-electron chi connectivity index (χ4n) is 4.81. The number of aromatic carboxylic acids is 1. The normalized spacial score (nSPS) is 14.1. The topological polar surface area (TPSA) is 227 Å². The van der Waals surface area contributed by atoms with E-state index >= 15 is 0 Å². The van der Waals surface area contributed by atoms with Gasteiger partial charge in [0.2, 0.25) is 11.8 Å².